The Morgan fingerprint density at radius 1 is 1.60 bits per heavy atom. The summed E-state index contributed by atoms with van der Waals surface area (Å²) < 4.78 is 25.0. The molecule has 0 saturated heterocycles. The number of halogens is 2. The Labute approximate surface area is 113 Å². The van der Waals surface area contributed by atoms with Crippen LogP contribution in [0.3, 0.4) is 0 Å². The summed E-state index contributed by atoms with van der Waals surface area (Å²) in [6.45, 7) is 0.878. The fraction of sp³-hybridized carbons (Fsp3) is 0.600. The molecule has 0 atom stereocenters. The molecule has 1 rings (SSSR count). The molecule has 1 aromatic heterocycles. The quantitative estimate of drug-likeness (QED) is 0.541. The Morgan fingerprint density at radius 2 is 2.30 bits per heavy atom. The molecule has 0 spiro atoms. The van der Waals surface area contributed by atoms with Gasteiger partial charge in [0.05, 0.1) is 18.1 Å². The van der Waals surface area contributed by atoms with Gasteiger partial charge < -0.3 is 15.3 Å². The van der Waals surface area contributed by atoms with Gasteiger partial charge in [0, 0.05) is 13.1 Å². The van der Waals surface area contributed by atoms with Gasteiger partial charge in [-0.1, -0.05) is 0 Å². The summed E-state index contributed by atoms with van der Waals surface area (Å²) in [7, 11) is 0. The summed E-state index contributed by atoms with van der Waals surface area (Å²) in [6, 6.07) is 0. The molecule has 0 radical (unpaired) electrons. The van der Waals surface area contributed by atoms with Crippen molar-refractivity contribution < 1.29 is 18.8 Å². The molecule has 0 aliphatic heterocycles. The van der Waals surface area contributed by atoms with Crippen LogP contribution in [0.15, 0.2) is 6.20 Å². The van der Waals surface area contributed by atoms with E-state index in [0.717, 1.165) is 11.1 Å². The Bertz CT molecular complexity index is 461. The van der Waals surface area contributed by atoms with Gasteiger partial charge in [-0.05, 0) is 6.92 Å². The van der Waals surface area contributed by atoms with E-state index in [0.29, 0.717) is 6.54 Å². The van der Waals surface area contributed by atoms with E-state index >= 15 is 0 Å². The molecule has 1 heterocycles. The van der Waals surface area contributed by atoms with Crippen molar-refractivity contribution in [3.8, 4) is 0 Å². The van der Waals surface area contributed by atoms with E-state index in [-0.39, 0.29) is 18.3 Å². The van der Waals surface area contributed by atoms with Gasteiger partial charge in [0.1, 0.15) is 6.20 Å². The molecule has 10 heteroatoms. The monoisotopic (exact) mass is 291 g/mol. The van der Waals surface area contributed by atoms with Crippen molar-refractivity contribution in [3.63, 3.8) is 0 Å². The lowest BCUT2D eigenvalue weighted by molar-refractivity contribution is -0.384. The highest BCUT2D eigenvalue weighted by atomic mass is 19.3. The number of anilines is 2. The number of hydrogen-bond acceptors (Lipinski definition) is 7. The highest BCUT2D eigenvalue weighted by molar-refractivity contribution is 5.59. The van der Waals surface area contributed by atoms with Crippen LogP contribution in [0.5, 0.6) is 0 Å². The molecule has 0 aliphatic carbocycles. The van der Waals surface area contributed by atoms with Crippen LogP contribution in [-0.2, 0) is 0 Å². The largest absolute Gasteiger partial charge is 0.395 e. The van der Waals surface area contributed by atoms with Gasteiger partial charge in [-0.25, -0.2) is 13.8 Å². The van der Waals surface area contributed by atoms with Crippen molar-refractivity contribution in [1.82, 2.24) is 9.97 Å². The molecule has 0 saturated carbocycles. The molecular weight excluding hydrogens is 276 g/mol. The maximum Gasteiger partial charge on any atom is 0.329 e. The van der Waals surface area contributed by atoms with Gasteiger partial charge in [0.15, 0.2) is 0 Å². The fourth-order valence-electron chi connectivity index (χ4n) is 1.54. The number of nitro groups is 1. The number of rotatable bonds is 8. The molecule has 0 fully saturated rings. The first-order valence-corrected chi connectivity index (χ1v) is 5.88. The highest BCUT2D eigenvalue weighted by Gasteiger charge is 2.24. The predicted molar refractivity (Wildman–Crippen MR) is 68.2 cm³/mol. The maximum absolute atomic E-state index is 12.5. The van der Waals surface area contributed by atoms with Crippen LogP contribution in [0.4, 0.5) is 26.2 Å². The van der Waals surface area contributed by atoms with Crippen molar-refractivity contribution >= 4 is 17.5 Å². The third kappa shape index (κ3) is 4.23. The SMILES string of the molecule is CCNc1ncc([N+](=O)[O-])c(N(CCO)CC(F)F)n1. The first-order valence-electron chi connectivity index (χ1n) is 5.88. The molecule has 20 heavy (non-hydrogen) atoms. The number of alkyl halides is 2. The summed E-state index contributed by atoms with van der Waals surface area (Å²) in [5.41, 5.74) is -0.485. The van der Waals surface area contributed by atoms with Crippen LogP contribution in [0.2, 0.25) is 0 Å². The average Bonchev–Trinajstić information content (AvgIpc) is 2.37. The van der Waals surface area contributed by atoms with Crippen LogP contribution in [-0.4, -0.2) is 52.7 Å². The van der Waals surface area contributed by atoms with Crippen LogP contribution >= 0.6 is 0 Å². The van der Waals surface area contributed by atoms with Crippen LogP contribution in [0.25, 0.3) is 0 Å². The Hall–Kier alpha value is -2.10. The average molecular weight is 291 g/mol. The molecule has 1 aromatic rings. The van der Waals surface area contributed by atoms with Crippen LogP contribution < -0.4 is 10.2 Å². The zero-order chi connectivity index (χ0) is 15.1. The van der Waals surface area contributed by atoms with Crippen molar-refractivity contribution in [2.75, 3.05) is 36.5 Å². The van der Waals surface area contributed by atoms with Gasteiger partial charge in [-0.2, -0.15) is 4.98 Å². The summed E-state index contributed by atoms with van der Waals surface area (Å²) in [5, 5.41) is 22.6. The second kappa shape index (κ2) is 7.48. The minimum atomic E-state index is -2.71. The smallest absolute Gasteiger partial charge is 0.329 e. The van der Waals surface area contributed by atoms with E-state index in [9.17, 15) is 18.9 Å². The first kappa shape index (κ1) is 16.0. The number of nitrogens with zero attached hydrogens (tertiary/aromatic N) is 4. The summed E-state index contributed by atoms with van der Waals surface area (Å²) in [5.74, 6) is -0.138. The van der Waals surface area contributed by atoms with E-state index in [1.165, 1.54) is 0 Å². The lowest BCUT2D eigenvalue weighted by Crippen LogP contribution is -2.33. The standard InChI is InChI=1S/C10H15F2N5O3/c1-2-13-10-14-5-7(17(19)20)9(15-10)16(3-4-18)6-8(11)12/h5,8,18H,2-4,6H2,1H3,(H,13,14,15). The summed E-state index contributed by atoms with van der Waals surface area (Å²) >= 11 is 0. The van der Waals surface area contributed by atoms with Crippen molar-refractivity contribution in [1.29, 1.82) is 0 Å². The Morgan fingerprint density at radius 3 is 2.80 bits per heavy atom. The molecule has 0 unspecified atom stereocenters. The molecule has 0 bridgehead atoms. The molecule has 0 aliphatic rings. The highest BCUT2D eigenvalue weighted by Crippen LogP contribution is 2.26. The maximum atomic E-state index is 12.5. The molecule has 0 aromatic carbocycles. The van der Waals surface area contributed by atoms with E-state index in [1.807, 2.05) is 0 Å². The lowest BCUT2D eigenvalue weighted by Gasteiger charge is -2.22. The van der Waals surface area contributed by atoms with E-state index in [1.54, 1.807) is 6.92 Å². The predicted octanol–water partition coefficient (Wildman–Crippen LogP) is 0.880. The normalized spacial score (nSPS) is 10.7. The van der Waals surface area contributed by atoms with Crippen molar-refractivity contribution in [2.45, 2.75) is 13.3 Å². The van der Waals surface area contributed by atoms with Gasteiger partial charge >= 0.3 is 5.69 Å². The molecular formula is C10H15F2N5O3. The van der Waals surface area contributed by atoms with Gasteiger partial charge in [0.2, 0.25) is 11.8 Å². The minimum absolute atomic E-state index is 0.102. The Kier molecular flexibility index (Phi) is 5.97. The zero-order valence-corrected chi connectivity index (χ0v) is 10.8. The van der Waals surface area contributed by atoms with Crippen molar-refractivity contribution in [3.05, 3.63) is 16.3 Å². The van der Waals surface area contributed by atoms with E-state index in [2.05, 4.69) is 15.3 Å². The molecule has 0 amide bonds. The topological polar surface area (TPSA) is 104 Å². The van der Waals surface area contributed by atoms with E-state index in [4.69, 9.17) is 5.11 Å². The number of nitrogens with one attached hydrogen (secondary N) is 1. The third-order valence-corrected chi connectivity index (χ3v) is 2.31. The zero-order valence-electron chi connectivity index (χ0n) is 10.8. The van der Waals surface area contributed by atoms with E-state index < -0.39 is 30.2 Å². The van der Waals surface area contributed by atoms with Crippen LogP contribution in [0, 0.1) is 10.1 Å². The number of aliphatic hydroxyl groups is 1. The number of aromatic nitrogens is 2. The molecule has 112 valence electrons. The minimum Gasteiger partial charge on any atom is -0.395 e. The van der Waals surface area contributed by atoms with Gasteiger partial charge in [-0.3, -0.25) is 10.1 Å². The second-order valence-corrected chi connectivity index (χ2v) is 3.75. The summed E-state index contributed by atoms with van der Waals surface area (Å²) in [6.07, 6.45) is -1.75. The first-order chi connectivity index (χ1) is 9.49. The number of aliphatic hydroxyl groups excluding tert-OH is 1. The Balaban J connectivity index is 3.19. The van der Waals surface area contributed by atoms with Gasteiger partial charge in [0.25, 0.3) is 6.43 Å². The summed E-state index contributed by atoms with van der Waals surface area (Å²) in [4.78, 5) is 18.7. The lowest BCUT2D eigenvalue weighted by atomic mass is 10.4. The van der Waals surface area contributed by atoms with Gasteiger partial charge in [-0.15, -0.1) is 0 Å². The number of hydrogen-bond donors (Lipinski definition) is 2. The molecule has 8 nitrogen and oxygen atoms in total. The molecule has 2 N–H and O–H groups in total. The van der Waals surface area contributed by atoms with Crippen molar-refractivity contribution in [2.24, 2.45) is 0 Å². The third-order valence-electron chi connectivity index (χ3n) is 2.31. The second-order valence-electron chi connectivity index (χ2n) is 3.75. The fourth-order valence-corrected chi connectivity index (χ4v) is 1.54. The van der Waals surface area contributed by atoms with Crippen LogP contribution in [0.1, 0.15) is 6.92 Å².